The molecule has 6 nitrogen and oxygen atoms in total. The first kappa shape index (κ1) is 20.0. The summed E-state index contributed by atoms with van der Waals surface area (Å²) in [6, 6.07) is -0.260. The number of nitrogens with zero attached hydrogens (tertiary/aromatic N) is 1. The number of hydrogen-bond donors (Lipinski definition) is 1. The number of alkyl carbamates (subject to hydrolysis) is 1. The molecule has 2 heterocycles. The van der Waals surface area contributed by atoms with Gasteiger partial charge in [-0.2, -0.15) is 0 Å². The molecule has 2 aliphatic heterocycles. The molecule has 2 saturated heterocycles. The SMILES string of the molecule is CCC[C@H]1CC(C(C)C)N(C(=O)C(NC(=O)OC)C2CCOCC2)C1.[HH]. The maximum Gasteiger partial charge on any atom is 0.407 e. The van der Waals surface area contributed by atoms with Crippen LogP contribution in [-0.4, -0.2) is 55.9 Å². The largest absolute Gasteiger partial charge is 0.453 e. The zero-order chi connectivity index (χ0) is 18.4. The van der Waals surface area contributed by atoms with Crippen LogP contribution in [0, 0.1) is 17.8 Å². The first-order valence-corrected chi connectivity index (χ1v) is 9.70. The third-order valence-corrected chi connectivity index (χ3v) is 5.64. The van der Waals surface area contributed by atoms with Crippen molar-refractivity contribution in [2.24, 2.45) is 17.8 Å². The number of carbonyl (C=O) groups is 2. The van der Waals surface area contributed by atoms with E-state index < -0.39 is 12.1 Å². The molecule has 0 aromatic carbocycles. The molecule has 1 N–H and O–H groups in total. The number of methoxy groups -OCH3 is 1. The molecule has 0 aromatic heterocycles. The van der Waals surface area contributed by atoms with E-state index in [9.17, 15) is 9.59 Å². The van der Waals surface area contributed by atoms with Crippen LogP contribution in [0.4, 0.5) is 4.79 Å². The van der Waals surface area contributed by atoms with Crippen LogP contribution in [0.25, 0.3) is 0 Å². The summed E-state index contributed by atoms with van der Waals surface area (Å²) < 4.78 is 10.2. The fourth-order valence-electron chi connectivity index (χ4n) is 4.25. The van der Waals surface area contributed by atoms with Crippen molar-refractivity contribution in [2.45, 2.75) is 65.0 Å². The average Bonchev–Trinajstić information content (AvgIpc) is 3.04. The van der Waals surface area contributed by atoms with Crippen LogP contribution in [0.2, 0.25) is 0 Å². The topological polar surface area (TPSA) is 67.9 Å². The molecule has 0 aromatic rings. The predicted octanol–water partition coefficient (Wildman–Crippen LogP) is 3.06. The Balaban J connectivity index is 0.00000338. The van der Waals surface area contributed by atoms with Crippen LogP contribution in [-0.2, 0) is 14.3 Å². The second kappa shape index (κ2) is 9.41. The van der Waals surface area contributed by atoms with E-state index in [4.69, 9.17) is 9.47 Å². The lowest BCUT2D eigenvalue weighted by atomic mass is 9.90. The van der Waals surface area contributed by atoms with Crippen LogP contribution in [0.3, 0.4) is 0 Å². The summed E-state index contributed by atoms with van der Waals surface area (Å²) in [6.07, 6.45) is 4.41. The Labute approximate surface area is 153 Å². The normalized spacial score (nSPS) is 25.9. The van der Waals surface area contributed by atoms with E-state index in [0.717, 1.165) is 38.6 Å². The van der Waals surface area contributed by atoms with Crippen molar-refractivity contribution in [1.29, 1.82) is 0 Å². The van der Waals surface area contributed by atoms with Crippen LogP contribution in [0.15, 0.2) is 0 Å². The quantitative estimate of drug-likeness (QED) is 0.794. The lowest BCUT2D eigenvalue weighted by Crippen LogP contribution is -2.55. The van der Waals surface area contributed by atoms with Crippen LogP contribution in [0.1, 0.15) is 54.3 Å². The Kier molecular flexibility index (Phi) is 7.54. The zero-order valence-corrected chi connectivity index (χ0v) is 16.1. The molecule has 0 saturated carbocycles. The Bertz CT molecular complexity index is 455. The maximum atomic E-state index is 13.4. The molecular weight excluding hydrogens is 320 g/mol. The molecule has 0 aliphatic carbocycles. The molecule has 0 radical (unpaired) electrons. The highest BCUT2D eigenvalue weighted by Gasteiger charge is 2.42. The molecule has 2 rings (SSSR count). The lowest BCUT2D eigenvalue weighted by Gasteiger charge is -2.35. The van der Waals surface area contributed by atoms with Gasteiger partial charge in [0, 0.05) is 27.2 Å². The summed E-state index contributed by atoms with van der Waals surface area (Å²) in [5.74, 6) is 1.14. The first-order valence-electron chi connectivity index (χ1n) is 9.70. The minimum atomic E-state index is -0.532. The number of likely N-dealkylation sites (tertiary alicyclic amines) is 1. The fourth-order valence-corrected chi connectivity index (χ4v) is 4.25. The molecule has 2 aliphatic rings. The Morgan fingerprint density at radius 2 is 2.00 bits per heavy atom. The number of hydrogen-bond acceptors (Lipinski definition) is 4. The van der Waals surface area contributed by atoms with Crippen LogP contribution < -0.4 is 5.32 Å². The van der Waals surface area contributed by atoms with Crippen molar-refractivity contribution in [3.05, 3.63) is 0 Å². The summed E-state index contributed by atoms with van der Waals surface area (Å²) in [7, 11) is 1.34. The molecule has 2 fully saturated rings. The fraction of sp³-hybridized carbons (Fsp3) is 0.895. The van der Waals surface area contributed by atoms with E-state index >= 15 is 0 Å². The van der Waals surface area contributed by atoms with Crippen LogP contribution >= 0.6 is 0 Å². The van der Waals surface area contributed by atoms with E-state index in [1.807, 2.05) is 4.90 Å². The van der Waals surface area contributed by atoms with Gasteiger partial charge in [-0.25, -0.2) is 4.79 Å². The van der Waals surface area contributed by atoms with Gasteiger partial charge in [0.25, 0.3) is 0 Å². The number of ether oxygens (including phenoxy) is 2. The van der Waals surface area contributed by atoms with Crippen LogP contribution in [0.5, 0.6) is 0 Å². The Morgan fingerprint density at radius 3 is 2.56 bits per heavy atom. The molecular formula is C19H36N2O4. The number of nitrogens with one attached hydrogen (secondary N) is 1. The molecule has 3 atom stereocenters. The molecule has 2 amide bonds. The second-order valence-corrected chi connectivity index (χ2v) is 7.76. The summed E-state index contributed by atoms with van der Waals surface area (Å²) in [6.45, 7) is 8.64. The van der Waals surface area contributed by atoms with Gasteiger partial charge in [-0.15, -0.1) is 0 Å². The predicted molar refractivity (Wildman–Crippen MR) is 98.3 cm³/mol. The van der Waals surface area contributed by atoms with Gasteiger partial charge in [-0.05, 0) is 43.4 Å². The minimum Gasteiger partial charge on any atom is -0.453 e. The highest BCUT2D eigenvalue weighted by molar-refractivity contribution is 5.86. The standard InChI is InChI=1S/C19H34N2O4.H2/c1-5-6-14-11-16(13(2)3)21(12-14)18(22)17(20-19(23)24-4)15-7-9-25-10-8-15;/h13-17H,5-12H2,1-4H3,(H,20,23);1H/t14-,16?,17?;/m0./s1. The second-order valence-electron chi connectivity index (χ2n) is 7.76. The first-order chi connectivity index (χ1) is 12.0. The summed E-state index contributed by atoms with van der Waals surface area (Å²) in [5, 5.41) is 2.81. The smallest absolute Gasteiger partial charge is 0.407 e. The Morgan fingerprint density at radius 1 is 1.32 bits per heavy atom. The Hall–Kier alpha value is -1.30. The molecule has 2 unspecified atom stereocenters. The van der Waals surface area contributed by atoms with Crippen molar-refractivity contribution in [3.63, 3.8) is 0 Å². The molecule has 25 heavy (non-hydrogen) atoms. The van der Waals surface area contributed by atoms with E-state index in [-0.39, 0.29) is 19.3 Å². The van der Waals surface area contributed by atoms with Gasteiger partial charge < -0.3 is 19.7 Å². The van der Waals surface area contributed by atoms with Crippen molar-refractivity contribution in [3.8, 4) is 0 Å². The molecule has 6 heteroatoms. The molecule has 0 bridgehead atoms. The van der Waals surface area contributed by atoms with Gasteiger partial charge in [0.1, 0.15) is 6.04 Å². The summed E-state index contributed by atoms with van der Waals surface area (Å²) >= 11 is 0. The van der Waals surface area contributed by atoms with E-state index in [0.29, 0.717) is 25.0 Å². The average molecular weight is 357 g/mol. The van der Waals surface area contributed by atoms with Gasteiger partial charge in [-0.3, -0.25) is 4.79 Å². The minimum absolute atomic E-state index is 0. The van der Waals surface area contributed by atoms with Crippen molar-refractivity contribution in [2.75, 3.05) is 26.9 Å². The maximum absolute atomic E-state index is 13.4. The highest BCUT2D eigenvalue weighted by atomic mass is 16.5. The van der Waals surface area contributed by atoms with Crippen molar-refractivity contribution >= 4 is 12.0 Å². The highest BCUT2D eigenvalue weighted by Crippen LogP contribution is 2.33. The van der Waals surface area contributed by atoms with E-state index in [1.54, 1.807) is 0 Å². The summed E-state index contributed by atoms with van der Waals surface area (Å²) in [4.78, 5) is 27.2. The molecule has 0 spiro atoms. The van der Waals surface area contributed by atoms with Gasteiger partial charge in [0.05, 0.1) is 7.11 Å². The molecule has 146 valence electrons. The lowest BCUT2D eigenvalue weighted by molar-refractivity contribution is -0.137. The number of rotatable bonds is 6. The van der Waals surface area contributed by atoms with Crippen molar-refractivity contribution in [1.82, 2.24) is 10.2 Å². The monoisotopic (exact) mass is 356 g/mol. The van der Waals surface area contributed by atoms with Gasteiger partial charge in [-0.1, -0.05) is 27.2 Å². The van der Waals surface area contributed by atoms with Crippen molar-refractivity contribution < 1.29 is 20.5 Å². The van der Waals surface area contributed by atoms with Gasteiger partial charge >= 0.3 is 6.09 Å². The van der Waals surface area contributed by atoms with Gasteiger partial charge in [0.15, 0.2) is 0 Å². The van der Waals surface area contributed by atoms with Gasteiger partial charge in [0.2, 0.25) is 5.91 Å². The van der Waals surface area contributed by atoms with E-state index in [1.165, 1.54) is 7.11 Å². The number of carbonyl (C=O) groups excluding carboxylic acids is 2. The third-order valence-electron chi connectivity index (χ3n) is 5.64. The van der Waals surface area contributed by atoms with E-state index in [2.05, 4.69) is 26.1 Å². The summed E-state index contributed by atoms with van der Waals surface area (Å²) in [5.41, 5.74) is 0. The number of amides is 2. The third kappa shape index (κ3) is 5.09. The zero-order valence-electron chi connectivity index (χ0n) is 16.1.